The molecule has 8 heteroatoms. The van der Waals surface area contributed by atoms with E-state index in [1.165, 1.54) is 24.4 Å². The predicted octanol–water partition coefficient (Wildman–Crippen LogP) is 2.43. The van der Waals surface area contributed by atoms with E-state index in [2.05, 4.69) is 15.1 Å². The quantitative estimate of drug-likeness (QED) is 0.406. The number of ether oxygens (including phenoxy) is 1. The number of nitrogens with zero attached hydrogens (tertiary/aromatic N) is 4. The van der Waals surface area contributed by atoms with Gasteiger partial charge in [0.25, 0.3) is 0 Å². The number of aromatic nitrogens is 4. The van der Waals surface area contributed by atoms with Gasteiger partial charge >= 0.3 is 5.97 Å². The molecule has 0 saturated carbocycles. The monoisotopic (exact) mass is 318 g/mol. The van der Waals surface area contributed by atoms with Crippen LogP contribution in [0.15, 0.2) is 34.3 Å². The van der Waals surface area contributed by atoms with E-state index in [0.717, 1.165) is 16.1 Å². The summed E-state index contributed by atoms with van der Waals surface area (Å²) in [4.78, 5) is 20.3. The maximum Gasteiger partial charge on any atom is 0.341 e. The fourth-order valence-electron chi connectivity index (χ4n) is 2.03. The average Bonchev–Trinajstić information content (AvgIpc) is 3.13. The Morgan fingerprint density at radius 1 is 1.45 bits per heavy atom. The third-order valence-electron chi connectivity index (χ3n) is 3.07. The van der Waals surface area contributed by atoms with Crippen molar-refractivity contribution in [2.75, 3.05) is 6.61 Å². The van der Waals surface area contributed by atoms with Gasteiger partial charge in [0.15, 0.2) is 5.65 Å². The number of esters is 1. The van der Waals surface area contributed by atoms with Crippen molar-refractivity contribution < 1.29 is 13.9 Å². The Hall–Kier alpha value is -2.35. The predicted molar refractivity (Wildman–Crippen MR) is 80.5 cm³/mol. The van der Waals surface area contributed by atoms with Crippen LogP contribution in [0, 0.1) is 0 Å². The molecule has 3 aromatic heterocycles. The molecule has 0 fully saturated rings. The van der Waals surface area contributed by atoms with E-state index < -0.39 is 0 Å². The van der Waals surface area contributed by atoms with Crippen LogP contribution >= 0.6 is 11.8 Å². The number of rotatable bonds is 5. The highest BCUT2D eigenvalue weighted by molar-refractivity contribution is 7.98. The molecule has 114 valence electrons. The van der Waals surface area contributed by atoms with Gasteiger partial charge < -0.3 is 9.15 Å². The Kier molecular flexibility index (Phi) is 4.10. The topological polar surface area (TPSA) is 83.0 Å². The van der Waals surface area contributed by atoms with Gasteiger partial charge in [-0.3, -0.25) is 4.68 Å². The third kappa shape index (κ3) is 2.69. The van der Waals surface area contributed by atoms with E-state index >= 15 is 0 Å². The van der Waals surface area contributed by atoms with Gasteiger partial charge in [-0.1, -0.05) is 11.8 Å². The third-order valence-corrected chi connectivity index (χ3v) is 4.08. The highest BCUT2D eigenvalue weighted by Crippen LogP contribution is 2.28. The normalized spacial score (nSPS) is 11.0. The van der Waals surface area contributed by atoms with Gasteiger partial charge in [-0.25, -0.2) is 14.8 Å². The minimum Gasteiger partial charge on any atom is -0.468 e. The second-order valence-corrected chi connectivity index (χ2v) is 5.41. The number of aryl methyl sites for hydroxylation is 1. The Bertz CT molecular complexity index is 811. The van der Waals surface area contributed by atoms with Crippen LogP contribution in [0.3, 0.4) is 0 Å². The van der Waals surface area contributed by atoms with Crippen LogP contribution in [0.1, 0.15) is 23.0 Å². The first-order chi connectivity index (χ1) is 10.7. The van der Waals surface area contributed by atoms with E-state index in [-0.39, 0.29) is 5.97 Å². The Labute approximate surface area is 130 Å². The molecule has 0 bridgehead atoms. The molecule has 22 heavy (non-hydrogen) atoms. The van der Waals surface area contributed by atoms with Gasteiger partial charge in [-0.05, 0) is 13.0 Å². The molecule has 3 heterocycles. The standard InChI is InChI=1S/C14H14N4O3S/c1-3-20-14(19)9-4-5-21-11(9)7-22-13-10-6-17-18(2)12(10)15-8-16-13/h4-6,8H,3,7H2,1-2H3. The molecule has 3 aromatic rings. The molecule has 0 amide bonds. The lowest BCUT2D eigenvalue weighted by molar-refractivity contribution is 0.0524. The largest absolute Gasteiger partial charge is 0.468 e. The van der Waals surface area contributed by atoms with Gasteiger partial charge in [0.05, 0.1) is 30.2 Å². The molecular weight excluding hydrogens is 304 g/mol. The summed E-state index contributed by atoms with van der Waals surface area (Å²) in [5.74, 6) is 0.669. The molecule has 0 aliphatic heterocycles. The second-order valence-electron chi connectivity index (χ2n) is 4.45. The number of fused-ring (bicyclic) bond motifs is 1. The van der Waals surface area contributed by atoms with Crippen molar-refractivity contribution in [1.29, 1.82) is 0 Å². The maximum absolute atomic E-state index is 11.8. The van der Waals surface area contributed by atoms with Crippen LogP contribution in [0.5, 0.6) is 0 Å². The van der Waals surface area contributed by atoms with Crippen LogP contribution in [-0.2, 0) is 17.5 Å². The molecule has 0 radical (unpaired) electrons. The van der Waals surface area contributed by atoms with Crippen molar-refractivity contribution in [3.05, 3.63) is 36.2 Å². The molecule has 0 spiro atoms. The number of hydrogen-bond acceptors (Lipinski definition) is 7. The first-order valence-corrected chi connectivity index (χ1v) is 7.68. The summed E-state index contributed by atoms with van der Waals surface area (Å²) in [6, 6.07) is 1.62. The van der Waals surface area contributed by atoms with Crippen molar-refractivity contribution in [1.82, 2.24) is 19.7 Å². The zero-order valence-electron chi connectivity index (χ0n) is 12.1. The number of thioether (sulfide) groups is 1. The smallest absolute Gasteiger partial charge is 0.341 e. The molecule has 0 atom stereocenters. The fraction of sp³-hybridized carbons (Fsp3) is 0.286. The lowest BCUT2D eigenvalue weighted by Crippen LogP contribution is -2.05. The molecule has 0 aliphatic carbocycles. The molecule has 0 saturated heterocycles. The van der Waals surface area contributed by atoms with Crippen LogP contribution in [0.25, 0.3) is 11.0 Å². The van der Waals surface area contributed by atoms with Crippen LogP contribution in [0.2, 0.25) is 0 Å². The highest BCUT2D eigenvalue weighted by Gasteiger charge is 2.17. The SMILES string of the molecule is CCOC(=O)c1ccoc1CSc1ncnc2c1cnn2C. The number of carbonyl (C=O) groups excluding carboxylic acids is 1. The molecular formula is C14H14N4O3S. The maximum atomic E-state index is 11.8. The Balaban J connectivity index is 1.80. The van der Waals surface area contributed by atoms with Gasteiger partial charge in [-0.15, -0.1) is 0 Å². The summed E-state index contributed by atoms with van der Waals surface area (Å²) in [5, 5.41) is 5.84. The minimum absolute atomic E-state index is 0.332. The average molecular weight is 318 g/mol. The first-order valence-electron chi connectivity index (χ1n) is 6.69. The summed E-state index contributed by atoms with van der Waals surface area (Å²) in [6.45, 7) is 2.10. The van der Waals surface area contributed by atoms with Crippen molar-refractivity contribution in [3.8, 4) is 0 Å². The summed E-state index contributed by atoms with van der Waals surface area (Å²) in [5.41, 5.74) is 1.22. The van der Waals surface area contributed by atoms with Crippen LogP contribution in [0.4, 0.5) is 0 Å². The van der Waals surface area contributed by atoms with Gasteiger partial charge in [0, 0.05) is 7.05 Å². The van der Waals surface area contributed by atoms with Crippen LogP contribution in [-0.4, -0.2) is 32.3 Å². The molecule has 0 unspecified atom stereocenters. The van der Waals surface area contributed by atoms with E-state index in [9.17, 15) is 4.79 Å². The van der Waals surface area contributed by atoms with Crippen molar-refractivity contribution in [2.45, 2.75) is 17.7 Å². The van der Waals surface area contributed by atoms with Crippen LogP contribution < -0.4 is 0 Å². The van der Waals surface area contributed by atoms with E-state index in [1.807, 2.05) is 7.05 Å². The van der Waals surface area contributed by atoms with E-state index in [4.69, 9.17) is 9.15 Å². The van der Waals surface area contributed by atoms with Gasteiger partial charge in [0.1, 0.15) is 22.7 Å². The lowest BCUT2D eigenvalue weighted by atomic mass is 10.3. The zero-order chi connectivity index (χ0) is 15.5. The zero-order valence-corrected chi connectivity index (χ0v) is 13.0. The fourth-order valence-corrected chi connectivity index (χ4v) is 2.95. The van der Waals surface area contributed by atoms with E-state index in [1.54, 1.807) is 23.9 Å². The highest BCUT2D eigenvalue weighted by atomic mass is 32.2. The molecule has 0 aromatic carbocycles. The number of carbonyl (C=O) groups is 1. The summed E-state index contributed by atoms with van der Waals surface area (Å²) in [7, 11) is 1.83. The van der Waals surface area contributed by atoms with E-state index in [0.29, 0.717) is 23.7 Å². The summed E-state index contributed by atoms with van der Waals surface area (Å²) >= 11 is 1.46. The second kappa shape index (κ2) is 6.18. The summed E-state index contributed by atoms with van der Waals surface area (Å²) < 4.78 is 12.1. The molecule has 0 aliphatic rings. The first kappa shape index (κ1) is 14.6. The van der Waals surface area contributed by atoms with Gasteiger partial charge in [0.2, 0.25) is 0 Å². The minimum atomic E-state index is -0.374. The lowest BCUT2D eigenvalue weighted by Gasteiger charge is -2.03. The summed E-state index contributed by atoms with van der Waals surface area (Å²) in [6.07, 6.45) is 4.72. The Morgan fingerprint density at radius 3 is 3.14 bits per heavy atom. The molecule has 0 N–H and O–H groups in total. The van der Waals surface area contributed by atoms with Crippen molar-refractivity contribution >= 4 is 28.8 Å². The molecule has 7 nitrogen and oxygen atoms in total. The molecule has 3 rings (SSSR count). The van der Waals surface area contributed by atoms with Crippen molar-refractivity contribution in [3.63, 3.8) is 0 Å². The number of hydrogen-bond donors (Lipinski definition) is 0. The number of furan rings is 1. The van der Waals surface area contributed by atoms with Crippen molar-refractivity contribution in [2.24, 2.45) is 7.05 Å². The Morgan fingerprint density at radius 2 is 2.32 bits per heavy atom. The van der Waals surface area contributed by atoms with Gasteiger partial charge in [-0.2, -0.15) is 5.10 Å².